The summed E-state index contributed by atoms with van der Waals surface area (Å²) in [4.78, 5) is 39.2. The van der Waals surface area contributed by atoms with Gasteiger partial charge in [0.25, 0.3) is 0 Å². The lowest BCUT2D eigenvalue weighted by Crippen LogP contribution is -2.68. The highest BCUT2D eigenvalue weighted by Gasteiger charge is 2.48. The number of carboxylic acids is 1. The van der Waals surface area contributed by atoms with Crippen molar-refractivity contribution < 1.29 is 39.5 Å². The standard InChI is InChI=1S/C42H80N2O8/c1-3-5-7-9-11-13-14-15-16-17-18-19-21-23-25-29-33-44(37(47)31-26-24-22-20-12-10-8-6-4-2)42-39(41(51)40(50)35(34-45)52-42)43-36(46)30-27-28-32-38(48)49/h35,39-42,45,50-51H,3-34H2,1-2H3,(H,43,46)(H,48,49)/t35-,39-,40-,41-,42-/m1/s1. The van der Waals surface area contributed by atoms with E-state index in [4.69, 9.17) is 9.84 Å². The van der Waals surface area contributed by atoms with E-state index < -0.39 is 49.1 Å². The maximum Gasteiger partial charge on any atom is 0.303 e. The van der Waals surface area contributed by atoms with Gasteiger partial charge in [0, 0.05) is 25.8 Å². The maximum atomic E-state index is 13.8. The molecule has 0 spiro atoms. The number of carboxylic acid groups (broad SMARTS) is 1. The molecule has 1 rings (SSSR count). The SMILES string of the molecule is CCCCCCCCCCCCCCCCCCN(C(=O)CCCCCCCCCCC)[C@@H]1O[C@H](CO)[C@@H](O)[C@H](O)[C@H]1NC(=O)CCCCC(=O)O. The molecule has 0 unspecified atom stereocenters. The number of aliphatic hydroxyl groups is 3. The van der Waals surface area contributed by atoms with Crippen LogP contribution in [0, 0.1) is 0 Å². The van der Waals surface area contributed by atoms with Crippen molar-refractivity contribution in [3.63, 3.8) is 0 Å². The van der Waals surface area contributed by atoms with Crippen molar-refractivity contribution in [2.45, 2.75) is 237 Å². The van der Waals surface area contributed by atoms with Gasteiger partial charge in [-0.2, -0.15) is 0 Å². The average Bonchev–Trinajstić information content (AvgIpc) is 3.13. The predicted octanol–water partition coefficient (Wildman–Crippen LogP) is 8.57. The van der Waals surface area contributed by atoms with Crippen molar-refractivity contribution in [2.24, 2.45) is 0 Å². The van der Waals surface area contributed by atoms with Gasteiger partial charge >= 0.3 is 5.97 Å². The Kier molecular flexibility index (Phi) is 30.3. The third kappa shape index (κ3) is 23.1. The van der Waals surface area contributed by atoms with Crippen LogP contribution in [0.4, 0.5) is 0 Å². The molecule has 0 radical (unpaired) electrons. The van der Waals surface area contributed by atoms with E-state index in [2.05, 4.69) is 19.2 Å². The largest absolute Gasteiger partial charge is 0.481 e. The van der Waals surface area contributed by atoms with E-state index in [-0.39, 0.29) is 18.7 Å². The van der Waals surface area contributed by atoms with Crippen molar-refractivity contribution in [2.75, 3.05) is 13.2 Å². The summed E-state index contributed by atoms with van der Waals surface area (Å²) >= 11 is 0. The first-order valence-corrected chi connectivity index (χ1v) is 21.7. The van der Waals surface area contributed by atoms with Gasteiger partial charge < -0.3 is 35.4 Å². The first-order valence-electron chi connectivity index (χ1n) is 21.7. The zero-order valence-corrected chi connectivity index (χ0v) is 33.4. The second kappa shape index (κ2) is 32.7. The molecular formula is C42H80N2O8. The minimum Gasteiger partial charge on any atom is -0.481 e. The first-order chi connectivity index (χ1) is 25.3. The summed E-state index contributed by atoms with van der Waals surface area (Å²) in [6.07, 6.45) is 26.1. The van der Waals surface area contributed by atoms with Crippen LogP contribution >= 0.6 is 0 Å². The van der Waals surface area contributed by atoms with Crippen molar-refractivity contribution in [3.8, 4) is 0 Å². The lowest BCUT2D eigenvalue weighted by atomic mass is 9.94. The smallest absolute Gasteiger partial charge is 0.303 e. The van der Waals surface area contributed by atoms with Gasteiger partial charge in [-0.25, -0.2) is 0 Å². The van der Waals surface area contributed by atoms with Gasteiger partial charge in [-0.15, -0.1) is 0 Å². The highest BCUT2D eigenvalue weighted by Crippen LogP contribution is 2.26. The zero-order valence-electron chi connectivity index (χ0n) is 33.4. The fourth-order valence-electron chi connectivity index (χ4n) is 7.29. The predicted molar refractivity (Wildman–Crippen MR) is 209 cm³/mol. The van der Waals surface area contributed by atoms with Crippen LogP contribution in [0.15, 0.2) is 0 Å². The van der Waals surface area contributed by atoms with E-state index in [1.54, 1.807) is 4.90 Å². The normalized spacial score (nSPS) is 20.2. The molecule has 5 N–H and O–H groups in total. The molecule has 0 aliphatic carbocycles. The molecule has 1 fully saturated rings. The highest BCUT2D eigenvalue weighted by molar-refractivity contribution is 5.78. The topological polar surface area (TPSA) is 157 Å². The van der Waals surface area contributed by atoms with E-state index in [1.165, 1.54) is 109 Å². The van der Waals surface area contributed by atoms with Crippen LogP contribution in [0.1, 0.15) is 206 Å². The molecule has 2 amide bonds. The van der Waals surface area contributed by atoms with Gasteiger partial charge in [-0.3, -0.25) is 14.4 Å². The van der Waals surface area contributed by atoms with Crippen LogP contribution in [0.25, 0.3) is 0 Å². The highest BCUT2D eigenvalue weighted by atomic mass is 16.5. The van der Waals surface area contributed by atoms with Gasteiger partial charge in [0.05, 0.1) is 6.61 Å². The summed E-state index contributed by atoms with van der Waals surface area (Å²) in [5, 5.41) is 43.5. The summed E-state index contributed by atoms with van der Waals surface area (Å²) in [7, 11) is 0. The lowest BCUT2D eigenvalue weighted by Gasteiger charge is -2.47. The Morgan fingerprint density at radius 2 is 0.962 bits per heavy atom. The second-order valence-electron chi connectivity index (χ2n) is 15.4. The van der Waals surface area contributed by atoms with Crippen LogP contribution in [-0.2, 0) is 19.1 Å². The van der Waals surface area contributed by atoms with Gasteiger partial charge in [0.15, 0.2) is 6.23 Å². The molecular weight excluding hydrogens is 660 g/mol. The van der Waals surface area contributed by atoms with E-state index >= 15 is 0 Å². The molecule has 1 heterocycles. The monoisotopic (exact) mass is 741 g/mol. The molecule has 52 heavy (non-hydrogen) atoms. The Balaban J connectivity index is 2.69. The number of nitrogens with zero attached hydrogens (tertiary/aromatic N) is 1. The van der Waals surface area contributed by atoms with Crippen LogP contribution in [0.5, 0.6) is 0 Å². The van der Waals surface area contributed by atoms with Crippen LogP contribution in [-0.4, -0.2) is 86.8 Å². The quantitative estimate of drug-likeness (QED) is 0.0405. The Labute approximate surface area is 317 Å². The average molecular weight is 741 g/mol. The molecule has 5 atom stereocenters. The Hall–Kier alpha value is -1.75. The zero-order chi connectivity index (χ0) is 38.2. The number of ether oxygens (including phenoxy) is 1. The summed E-state index contributed by atoms with van der Waals surface area (Å²) in [6, 6.07) is -1.09. The second-order valence-corrected chi connectivity index (χ2v) is 15.4. The number of unbranched alkanes of at least 4 members (excludes halogenated alkanes) is 24. The lowest BCUT2D eigenvalue weighted by molar-refractivity contribution is -0.231. The summed E-state index contributed by atoms with van der Waals surface area (Å²) in [5.41, 5.74) is 0. The maximum absolute atomic E-state index is 13.8. The number of carbonyl (C=O) groups is 3. The molecule has 10 nitrogen and oxygen atoms in total. The fourth-order valence-corrected chi connectivity index (χ4v) is 7.29. The van der Waals surface area contributed by atoms with Crippen LogP contribution in [0.3, 0.4) is 0 Å². The van der Waals surface area contributed by atoms with E-state index in [1.807, 2.05) is 0 Å². The number of aliphatic hydroxyl groups excluding tert-OH is 3. The minimum atomic E-state index is -1.45. The molecule has 1 aliphatic rings. The van der Waals surface area contributed by atoms with Crippen molar-refractivity contribution in [3.05, 3.63) is 0 Å². The Morgan fingerprint density at radius 3 is 1.40 bits per heavy atom. The van der Waals surface area contributed by atoms with Crippen LogP contribution in [0.2, 0.25) is 0 Å². The van der Waals surface area contributed by atoms with E-state index in [9.17, 15) is 29.7 Å². The number of nitrogens with one attached hydrogen (secondary N) is 1. The third-order valence-corrected chi connectivity index (χ3v) is 10.6. The van der Waals surface area contributed by atoms with E-state index in [0.717, 1.165) is 51.4 Å². The molecule has 0 aromatic carbocycles. The van der Waals surface area contributed by atoms with Gasteiger partial charge in [0.2, 0.25) is 11.8 Å². The fraction of sp³-hybridized carbons (Fsp3) is 0.929. The Bertz CT molecular complexity index is 890. The van der Waals surface area contributed by atoms with Gasteiger partial charge in [0.1, 0.15) is 24.4 Å². The number of hydrogen-bond acceptors (Lipinski definition) is 7. The van der Waals surface area contributed by atoms with Crippen molar-refractivity contribution in [1.29, 1.82) is 0 Å². The molecule has 0 aromatic heterocycles. The number of amides is 2. The van der Waals surface area contributed by atoms with Crippen molar-refractivity contribution >= 4 is 17.8 Å². The van der Waals surface area contributed by atoms with Crippen molar-refractivity contribution in [1.82, 2.24) is 10.2 Å². The molecule has 1 aliphatic heterocycles. The molecule has 0 aromatic rings. The molecule has 306 valence electrons. The molecule has 10 heteroatoms. The molecule has 0 saturated carbocycles. The molecule has 0 bridgehead atoms. The number of hydrogen-bond donors (Lipinski definition) is 5. The number of rotatable bonds is 35. The van der Waals surface area contributed by atoms with E-state index in [0.29, 0.717) is 25.8 Å². The summed E-state index contributed by atoms with van der Waals surface area (Å²) in [5.74, 6) is -1.45. The molecule has 1 saturated heterocycles. The van der Waals surface area contributed by atoms with Crippen LogP contribution < -0.4 is 5.32 Å². The summed E-state index contributed by atoms with van der Waals surface area (Å²) in [6.45, 7) is 4.33. The third-order valence-electron chi connectivity index (χ3n) is 10.6. The minimum absolute atomic E-state index is 0.0393. The Morgan fingerprint density at radius 1 is 0.558 bits per heavy atom. The number of aliphatic carboxylic acids is 1. The number of carbonyl (C=O) groups excluding carboxylic acids is 2. The first kappa shape index (κ1) is 48.3. The summed E-state index contributed by atoms with van der Waals surface area (Å²) < 4.78 is 6.10. The van der Waals surface area contributed by atoms with Gasteiger partial charge in [-0.1, -0.05) is 162 Å². The van der Waals surface area contributed by atoms with Gasteiger partial charge in [-0.05, 0) is 25.7 Å².